The molecule has 3 aliphatic rings. The Bertz CT molecular complexity index is 1370. The van der Waals surface area contributed by atoms with Gasteiger partial charge < -0.3 is 15.4 Å². The number of benzene rings is 1. The molecule has 2 N–H and O–H groups in total. The maximum Gasteiger partial charge on any atom is 0.475 e. The third kappa shape index (κ3) is 5.13. The Labute approximate surface area is 217 Å². The molecule has 0 bridgehead atoms. The van der Waals surface area contributed by atoms with Gasteiger partial charge in [0, 0.05) is 23.0 Å². The van der Waals surface area contributed by atoms with E-state index in [0.29, 0.717) is 10.1 Å². The number of fused-ring (bicyclic) bond motifs is 2. The topological polar surface area (TPSA) is 130 Å². The van der Waals surface area contributed by atoms with Crippen molar-refractivity contribution >= 4 is 25.2 Å². The number of phosphoric ester groups is 1. The van der Waals surface area contributed by atoms with E-state index >= 15 is 8.78 Å². The van der Waals surface area contributed by atoms with Gasteiger partial charge in [0.05, 0.1) is 12.7 Å². The molecule has 2 aromatic rings. The van der Waals surface area contributed by atoms with Crippen LogP contribution in [0.3, 0.4) is 0 Å². The summed E-state index contributed by atoms with van der Waals surface area (Å²) in [6.07, 6.45) is -3.05. The molecule has 1 aromatic carbocycles. The minimum absolute atomic E-state index is 0.106. The average molecular weight is 554 g/mol. The second kappa shape index (κ2) is 9.49. The van der Waals surface area contributed by atoms with Crippen LogP contribution in [0.5, 0.6) is 0 Å². The average Bonchev–Trinajstić information content (AvgIpc) is 3.07. The molecule has 2 saturated heterocycles. The van der Waals surface area contributed by atoms with E-state index in [-0.39, 0.29) is 11.4 Å². The third-order valence-electron chi connectivity index (χ3n) is 6.52. The van der Waals surface area contributed by atoms with Crippen LogP contribution >= 0.6 is 7.82 Å². The Balaban J connectivity index is 1.32. The van der Waals surface area contributed by atoms with Crippen molar-refractivity contribution in [2.45, 2.75) is 76.5 Å². The summed E-state index contributed by atoms with van der Waals surface area (Å²) in [6.45, 7) is 6.79. The fourth-order valence-corrected chi connectivity index (χ4v) is 6.23. The lowest BCUT2D eigenvalue weighted by atomic mass is 9.89. The Morgan fingerprint density at radius 1 is 1.32 bits per heavy atom. The lowest BCUT2D eigenvalue weighted by Gasteiger charge is -2.34. The first-order valence-electron chi connectivity index (χ1n) is 12.2. The van der Waals surface area contributed by atoms with Crippen LogP contribution in [0.25, 0.3) is 0 Å². The van der Waals surface area contributed by atoms with Gasteiger partial charge in [-0.2, -0.15) is 13.8 Å². The number of rotatable bonds is 5. The Morgan fingerprint density at radius 2 is 2.08 bits per heavy atom. The van der Waals surface area contributed by atoms with Gasteiger partial charge in [0.1, 0.15) is 11.9 Å². The number of hydrogen-bond donors (Lipinski definition) is 2. The van der Waals surface area contributed by atoms with E-state index in [2.05, 4.69) is 29.5 Å². The highest BCUT2D eigenvalue weighted by Crippen LogP contribution is 2.60. The van der Waals surface area contributed by atoms with E-state index in [0.717, 1.165) is 30.3 Å². The molecular weight excluding hydrogens is 525 g/mol. The summed E-state index contributed by atoms with van der Waals surface area (Å²) in [5.74, 6) is -4.39. The van der Waals surface area contributed by atoms with Gasteiger partial charge in [0.25, 0.3) is 5.91 Å². The Kier molecular flexibility index (Phi) is 6.72. The smallest absolute Gasteiger partial charge is 0.380 e. The molecule has 2 fully saturated rings. The van der Waals surface area contributed by atoms with Crippen molar-refractivity contribution in [3.05, 3.63) is 52.1 Å². The van der Waals surface area contributed by atoms with Gasteiger partial charge in [-0.05, 0) is 64.3 Å². The van der Waals surface area contributed by atoms with Crippen LogP contribution in [-0.2, 0) is 29.3 Å². The van der Waals surface area contributed by atoms with Crippen molar-refractivity contribution < 1.29 is 36.4 Å². The van der Waals surface area contributed by atoms with E-state index in [9.17, 15) is 14.2 Å². The van der Waals surface area contributed by atoms with Gasteiger partial charge in [0.2, 0.25) is 6.23 Å². The zero-order valence-electron chi connectivity index (χ0n) is 21.3. The number of carbonyl (C=O) groups is 1. The molecule has 0 radical (unpaired) electrons. The summed E-state index contributed by atoms with van der Waals surface area (Å²) < 4.78 is 64.2. The standard InChI is InChI=1S/C24H29F2N4O7P/c1-13(2)36-38(33)34-12-17-19(37-38)24(25,26)21(35-17)30-10-8-18(28-22(30)32)27-20(31)15-6-5-14-7-9-23(3,4)29-16(14)11-15/h5-6,8,10-11,13,17,19,21,29H,7,9,12H2,1-4H3,(H,27,28,31,32)/t17-,19-,21?,38?/m1/s1. The first-order valence-corrected chi connectivity index (χ1v) is 13.7. The highest BCUT2D eigenvalue weighted by Gasteiger charge is 2.65. The number of ether oxygens (including phenoxy) is 1. The van der Waals surface area contributed by atoms with Gasteiger partial charge in [-0.15, -0.1) is 0 Å². The number of amides is 1. The number of phosphoric acid groups is 1. The maximum absolute atomic E-state index is 15.3. The lowest BCUT2D eigenvalue weighted by Crippen LogP contribution is -2.45. The van der Waals surface area contributed by atoms with Gasteiger partial charge in [-0.1, -0.05) is 6.07 Å². The van der Waals surface area contributed by atoms with Crippen LogP contribution < -0.4 is 16.3 Å². The fourth-order valence-electron chi connectivity index (χ4n) is 4.66. The lowest BCUT2D eigenvalue weighted by molar-refractivity contribution is -0.139. The normalized spacial score (nSPS) is 29.3. The largest absolute Gasteiger partial charge is 0.475 e. The van der Waals surface area contributed by atoms with E-state index in [1.54, 1.807) is 26.0 Å². The quantitative estimate of drug-likeness (QED) is 0.525. The fraction of sp³-hybridized carbons (Fsp3) is 0.542. The van der Waals surface area contributed by atoms with Crippen LogP contribution in [0.4, 0.5) is 20.3 Å². The van der Waals surface area contributed by atoms with E-state index in [1.807, 2.05) is 6.07 Å². The first-order chi connectivity index (χ1) is 17.8. The van der Waals surface area contributed by atoms with E-state index in [1.165, 1.54) is 6.07 Å². The summed E-state index contributed by atoms with van der Waals surface area (Å²) in [5.41, 5.74) is 1.11. The molecule has 14 heteroatoms. The van der Waals surface area contributed by atoms with Crippen LogP contribution in [0, 0.1) is 0 Å². The van der Waals surface area contributed by atoms with Crippen LogP contribution in [0.15, 0.2) is 35.3 Å². The molecule has 0 saturated carbocycles. The number of anilines is 2. The summed E-state index contributed by atoms with van der Waals surface area (Å²) in [6, 6.07) is 6.48. The summed E-state index contributed by atoms with van der Waals surface area (Å²) in [5, 5.41) is 5.93. The SMILES string of the molecule is CC(C)OP1(=O)OC[C@H]2OC(n3ccc(NC(=O)c4ccc5c(c4)NC(C)(C)CC5)nc3=O)C(F)(F)[C@@H]2O1. The number of nitrogens with one attached hydrogen (secondary N) is 2. The molecule has 4 heterocycles. The van der Waals surface area contributed by atoms with E-state index in [4.69, 9.17) is 18.3 Å². The molecule has 38 heavy (non-hydrogen) atoms. The second-order valence-corrected chi connectivity index (χ2v) is 12.0. The van der Waals surface area contributed by atoms with Gasteiger partial charge >= 0.3 is 19.4 Å². The van der Waals surface area contributed by atoms with E-state index < -0.39 is 56.5 Å². The molecule has 1 aromatic heterocycles. The molecule has 0 spiro atoms. The molecule has 3 aliphatic heterocycles. The molecule has 0 aliphatic carbocycles. The number of hydrogen-bond acceptors (Lipinski definition) is 9. The Hall–Kier alpha value is -2.70. The Morgan fingerprint density at radius 3 is 2.79 bits per heavy atom. The number of alkyl halides is 2. The van der Waals surface area contributed by atoms with Gasteiger partial charge in [-0.3, -0.25) is 22.9 Å². The monoisotopic (exact) mass is 554 g/mol. The zero-order chi connectivity index (χ0) is 27.5. The predicted molar refractivity (Wildman–Crippen MR) is 132 cm³/mol. The van der Waals surface area contributed by atoms with Crippen LogP contribution in [0.1, 0.15) is 56.3 Å². The van der Waals surface area contributed by atoms with Crippen molar-refractivity contribution in [2.24, 2.45) is 0 Å². The molecule has 206 valence electrons. The summed E-state index contributed by atoms with van der Waals surface area (Å²) in [7, 11) is -4.23. The van der Waals surface area contributed by atoms with Crippen LogP contribution in [0.2, 0.25) is 0 Å². The number of aromatic nitrogens is 2. The van der Waals surface area contributed by atoms with Crippen LogP contribution in [-0.4, -0.2) is 51.8 Å². The number of aryl methyl sites for hydroxylation is 1. The molecule has 5 rings (SSSR count). The van der Waals surface area contributed by atoms with Crippen molar-refractivity contribution in [3.63, 3.8) is 0 Å². The maximum atomic E-state index is 15.3. The highest BCUT2D eigenvalue weighted by atomic mass is 31.2. The summed E-state index contributed by atoms with van der Waals surface area (Å²) >= 11 is 0. The summed E-state index contributed by atoms with van der Waals surface area (Å²) in [4.78, 5) is 29.3. The molecule has 1 amide bonds. The number of halogens is 2. The van der Waals surface area contributed by atoms with Crippen molar-refractivity contribution in [1.29, 1.82) is 0 Å². The highest BCUT2D eigenvalue weighted by molar-refractivity contribution is 7.48. The molecule has 4 atom stereocenters. The van der Waals surface area contributed by atoms with Gasteiger partial charge in [-0.25, -0.2) is 9.36 Å². The molecule has 11 nitrogen and oxygen atoms in total. The number of carbonyl (C=O) groups excluding carboxylic acids is 1. The third-order valence-corrected chi connectivity index (χ3v) is 8.15. The minimum Gasteiger partial charge on any atom is -0.380 e. The first kappa shape index (κ1) is 26.9. The molecular formula is C24H29F2N4O7P. The van der Waals surface area contributed by atoms with Crippen molar-refractivity contribution in [2.75, 3.05) is 17.2 Å². The minimum atomic E-state index is -4.23. The second-order valence-electron chi connectivity index (χ2n) is 10.5. The molecule has 2 unspecified atom stereocenters. The van der Waals surface area contributed by atoms with Gasteiger partial charge in [0.15, 0.2) is 6.10 Å². The van der Waals surface area contributed by atoms with Crippen molar-refractivity contribution in [1.82, 2.24) is 9.55 Å². The predicted octanol–water partition coefficient (Wildman–Crippen LogP) is 4.11. The number of nitrogens with zero attached hydrogens (tertiary/aromatic N) is 2. The zero-order valence-corrected chi connectivity index (χ0v) is 22.2. The van der Waals surface area contributed by atoms with Crippen molar-refractivity contribution in [3.8, 4) is 0 Å².